The predicted octanol–water partition coefficient (Wildman–Crippen LogP) is 4.06. The molecular weight excluding hydrogens is 200 g/mol. The first kappa shape index (κ1) is 14.3. The second-order valence-corrected chi connectivity index (χ2v) is 3.69. The van der Waals surface area contributed by atoms with Crippen LogP contribution in [0.3, 0.4) is 0 Å². The Morgan fingerprint density at radius 1 is 1.25 bits per heavy atom. The molecule has 0 aromatic carbocycles. The van der Waals surface area contributed by atoms with Crippen molar-refractivity contribution in [3.8, 4) is 0 Å². The van der Waals surface area contributed by atoms with Gasteiger partial charge in [0.2, 0.25) is 0 Å². The largest absolute Gasteiger partial charge is 0.507 e. The maximum atomic E-state index is 9.79. The highest BCUT2D eigenvalue weighted by molar-refractivity contribution is 5.45. The first-order valence-electron chi connectivity index (χ1n) is 5.05. The molecule has 0 unspecified atom stereocenters. The van der Waals surface area contributed by atoms with Gasteiger partial charge in [0, 0.05) is 5.57 Å². The van der Waals surface area contributed by atoms with Crippen LogP contribution in [0.2, 0.25) is 0 Å². The summed E-state index contributed by atoms with van der Waals surface area (Å²) in [5.74, 6) is 0.861. The van der Waals surface area contributed by atoms with Gasteiger partial charge in [-0.25, -0.2) is 0 Å². The first-order chi connectivity index (χ1) is 7.43. The van der Waals surface area contributed by atoms with Crippen LogP contribution >= 0.6 is 0 Å². The molecule has 0 atom stereocenters. The van der Waals surface area contributed by atoms with E-state index in [-0.39, 0.29) is 5.76 Å². The number of aliphatic hydroxyl groups is 1. The molecule has 0 spiro atoms. The van der Waals surface area contributed by atoms with Crippen molar-refractivity contribution in [1.29, 1.82) is 0 Å². The Hall–Kier alpha value is -1.70. The van der Waals surface area contributed by atoms with Crippen molar-refractivity contribution in [3.63, 3.8) is 0 Å². The van der Waals surface area contributed by atoms with Crippen molar-refractivity contribution in [2.75, 3.05) is 7.11 Å². The summed E-state index contributed by atoms with van der Waals surface area (Å²) in [6, 6.07) is 0. The molecule has 1 N–H and O–H groups in total. The van der Waals surface area contributed by atoms with Crippen molar-refractivity contribution < 1.29 is 9.84 Å². The Bertz CT molecular complexity index is 364. The fraction of sp³-hybridized carbons (Fsp3) is 0.286. The second kappa shape index (κ2) is 6.72. The molecule has 0 aliphatic rings. The number of ether oxygens (including phenoxy) is 1. The first-order valence-corrected chi connectivity index (χ1v) is 5.05. The van der Waals surface area contributed by atoms with Crippen LogP contribution in [0.4, 0.5) is 0 Å². The van der Waals surface area contributed by atoms with Gasteiger partial charge in [0.1, 0.15) is 11.5 Å². The van der Waals surface area contributed by atoms with Gasteiger partial charge < -0.3 is 9.84 Å². The van der Waals surface area contributed by atoms with Crippen molar-refractivity contribution in [1.82, 2.24) is 0 Å². The van der Waals surface area contributed by atoms with Crippen LogP contribution < -0.4 is 0 Å². The van der Waals surface area contributed by atoms with Gasteiger partial charge in [-0.15, -0.1) is 0 Å². The van der Waals surface area contributed by atoms with E-state index in [4.69, 9.17) is 4.74 Å². The molecule has 16 heavy (non-hydrogen) atoms. The molecule has 0 fully saturated rings. The molecule has 0 heterocycles. The summed E-state index contributed by atoms with van der Waals surface area (Å²) >= 11 is 0. The third-order valence-electron chi connectivity index (χ3n) is 2.00. The number of methoxy groups -OCH3 is 1. The minimum Gasteiger partial charge on any atom is -0.507 e. The summed E-state index contributed by atoms with van der Waals surface area (Å²) in [6.45, 7) is 13.1. The summed E-state index contributed by atoms with van der Waals surface area (Å²) in [4.78, 5) is 0. The van der Waals surface area contributed by atoms with E-state index in [1.54, 1.807) is 13.2 Å². The van der Waals surface area contributed by atoms with E-state index in [9.17, 15) is 5.11 Å². The van der Waals surface area contributed by atoms with Gasteiger partial charge in [-0.2, -0.15) is 0 Å². The number of hydrogen-bond acceptors (Lipinski definition) is 2. The lowest BCUT2D eigenvalue weighted by atomic mass is 10.0. The normalized spacial score (nSPS) is 12.0. The molecule has 0 saturated carbocycles. The maximum Gasteiger partial charge on any atom is 0.123 e. The van der Waals surface area contributed by atoms with Crippen LogP contribution in [-0.2, 0) is 4.74 Å². The lowest BCUT2D eigenvalue weighted by Gasteiger charge is -2.09. The molecular formula is C14H20O2. The Morgan fingerprint density at radius 2 is 1.81 bits per heavy atom. The van der Waals surface area contributed by atoms with E-state index in [2.05, 4.69) is 13.2 Å². The Kier molecular flexibility index (Phi) is 6.01. The number of aliphatic hydroxyl groups excluding tert-OH is 1. The highest BCUT2D eigenvalue weighted by Crippen LogP contribution is 2.19. The molecule has 0 aromatic heterocycles. The highest BCUT2D eigenvalue weighted by atomic mass is 16.5. The van der Waals surface area contributed by atoms with Crippen LogP contribution in [0.25, 0.3) is 0 Å². The molecule has 0 aliphatic heterocycles. The molecule has 0 bridgehead atoms. The van der Waals surface area contributed by atoms with Gasteiger partial charge >= 0.3 is 0 Å². The van der Waals surface area contributed by atoms with Crippen molar-refractivity contribution in [2.45, 2.75) is 20.8 Å². The van der Waals surface area contributed by atoms with E-state index in [1.165, 1.54) is 12.2 Å². The van der Waals surface area contributed by atoms with Gasteiger partial charge in [-0.1, -0.05) is 19.2 Å². The van der Waals surface area contributed by atoms with Crippen LogP contribution in [0.15, 0.2) is 59.6 Å². The molecule has 0 saturated heterocycles. The average molecular weight is 220 g/mol. The maximum absolute atomic E-state index is 9.79. The van der Waals surface area contributed by atoms with E-state index in [0.29, 0.717) is 5.57 Å². The lowest BCUT2D eigenvalue weighted by molar-refractivity contribution is 0.301. The van der Waals surface area contributed by atoms with Crippen LogP contribution in [0, 0.1) is 0 Å². The SMILES string of the molecule is C=C/C=C(O)\C(=C\C(OC)=C(C)C)C(=C)C. The standard InChI is InChI=1S/C14H20O2/c1-7-8-13(15)12(10(2)3)9-14(16-6)11(4)5/h7-9,15H,1-2H2,3-6H3/b12-9+,13-8+. The summed E-state index contributed by atoms with van der Waals surface area (Å²) in [6.07, 6.45) is 4.83. The zero-order valence-electron chi connectivity index (χ0n) is 10.5. The van der Waals surface area contributed by atoms with Crippen molar-refractivity contribution in [3.05, 3.63) is 59.6 Å². The molecule has 0 radical (unpaired) electrons. The molecule has 0 aromatic rings. The van der Waals surface area contributed by atoms with Crippen molar-refractivity contribution in [2.24, 2.45) is 0 Å². The van der Waals surface area contributed by atoms with Gasteiger partial charge in [-0.05, 0) is 44.1 Å². The number of allylic oxidation sites excluding steroid dienone is 5. The second-order valence-electron chi connectivity index (χ2n) is 3.69. The van der Waals surface area contributed by atoms with Gasteiger partial charge in [-0.3, -0.25) is 0 Å². The Labute approximate surface area is 97.9 Å². The zero-order chi connectivity index (χ0) is 12.7. The van der Waals surface area contributed by atoms with E-state index < -0.39 is 0 Å². The third kappa shape index (κ3) is 4.22. The van der Waals surface area contributed by atoms with Gasteiger partial charge in [0.25, 0.3) is 0 Å². The fourth-order valence-corrected chi connectivity index (χ4v) is 1.16. The van der Waals surface area contributed by atoms with E-state index >= 15 is 0 Å². The number of hydrogen-bond donors (Lipinski definition) is 1. The zero-order valence-corrected chi connectivity index (χ0v) is 10.5. The van der Waals surface area contributed by atoms with E-state index in [1.807, 2.05) is 20.8 Å². The topological polar surface area (TPSA) is 29.5 Å². The minimum atomic E-state index is 0.137. The van der Waals surface area contributed by atoms with Crippen LogP contribution in [-0.4, -0.2) is 12.2 Å². The third-order valence-corrected chi connectivity index (χ3v) is 2.00. The smallest absolute Gasteiger partial charge is 0.123 e. The molecule has 0 aliphatic carbocycles. The summed E-state index contributed by atoms with van der Waals surface area (Å²) in [5.41, 5.74) is 2.46. The molecule has 2 nitrogen and oxygen atoms in total. The Morgan fingerprint density at radius 3 is 2.12 bits per heavy atom. The summed E-state index contributed by atoms with van der Waals surface area (Å²) < 4.78 is 5.22. The fourth-order valence-electron chi connectivity index (χ4n) is 1.16. The molecule has 88 valence electrons. The molecule has 2 heteroatoms. The van der Waals surface area contributed by atoms with Crippen LogP contribution in [0.1, 0.15) is 20.8 Å². The van der Waals surface area contributed by atoms with Gasteiger partial charge in [0.15, 0.2) is 0 Å². The summed E-state index contributed by atoms with van der Waals surface area (Å²) in [5, 5.41) is 9.79. The quantitative estimate of drug-likeness (QED) is 0.559. The lowest BCUT2D eigenvalue weighted by Crippen LogP contribution is -1.94. The van der Waals surface area contributed by atoms with Crippen molar-refractivity contribution >= 4 is 0 Å². The van der Waals surface area contributed by atoms with Crippen LogP contribution in [0.5, 0.6) is 0 Å². The number of rotatable bonds is 5. The molecule has 0 amide bonds. The summed E-state index contributed by atoms with van der Waals surface area (Å²) in [7, 11) is 1.60. The average Bonchev–Trinajstić information content (AvgIpc) is 2.18. The molecule has 0 rings (SSSR count). The highest BCUT2D eigenvalue weighted by Gasteiger charge is 2.06. The predicted molar refractivity (Wildman–Crippen MR) is 69.2 cm³/mol. The Balaban J connectivity index is 5.46. The van der Waals surface area contributed by atoms with Gasteiger partial charge in [0.05, 0.1) is 7.11 Å². The van der Waals surface area contributed by atoms with E-state index in [0.717, 1.165) is 16.9 Å². The monoisotopic (exact) mass is 220 g/mol. The minimum absolute atomic E-state index is 0.137.